The first-order chi connectivity index (χ1) is 12.6. The lowest BCUT2D eigenvalue weighted by Gasteiger charge is -2.32. The third-order valence-corrected chi connectivity index (χ3v) is 3.95. The van der Waals surface area contributed by atoms with Gasteiger partial charge in [0.2, 0.25) is 0 Å². The van der Waals surface area contributed by atoms with E-state index in [1.807, 2.05) is 10.8 Å². The summed E-state index contributed by atoms with van der Waals surface area (Å²) in [6.45, 7) is -0.684. The molecule has 27 heavy (non-hydrogen) atoms. The van der Waals surface area contributed by atoms with Gasteiger partial charge < -0.3 is 25.3 Å². The van der Waals surface area contributed by atoms with Crippen molar-refractivity contribution in [3.8, 4) is 0 Å². The van der Waals surface area contributed by atoms with E-state index in [2.05, 4.69) is 9.83 Å². The molecule has 0 saturated heterocycles. The monoisotopic (exact) mass is 413 g/mol. The summed E-state index contributed by atoms with van der Waals surface area (Å²) in [5.41, 5.74) is -0.0841. The number of anilines is 1. The third-order valence-electron chi connectivity index (χ3n) is 3.63. The molecule has 1 aliphatic heterocycles. The highest BCUT2D eigenvalue weighted by atomic mass is 35.5. The lowest BCUT2D eigenvalue weighted by atomic mass is 9.97. The molecule has 4 atom stereocenters. The van der Waals surface area contributed by atoms with Crippen molar-refractivity contribution >= 4 is 29.2 Å². The number of amides is 1. The summed E-state index contributed by atoms with van der Waals surface area (Å²) >= 11 is 5.68. The number of carbonyl (C=O) groups is 1. The van der Waals surface area contributed by atoms with Crippen LogP contribution < -0.4 is 10.8 Å². The van der Waals surface area contributed by atoms with Crippen LogP contribution in [0.3, 0.4) is 0 Å². The number of alkyl halides is 3. The fourth-order valence-electron chi connectivity index (χ4n) is 2.26. The van der Waals surface area contributed by atoms with Crippen LogP contribution in [0.25, 0.3) is 0 Å². The zero-order valence-electron chi connectivity index (χ0n) is 13.3. The number of hydrogen-bond donors (Lipinski definition) is 6. The first kappa shape index (κ1) is 21.2. The molecule has 0 fully saturated rings. The molecule has 13 heteroatoms. The average Bonchev–Trinajstić information content (AvgIpc) is 2.60. The predicted octanol–water partition coefficient (Wildman–Crippen LogP) is 0.268. The van der Waals surface area contributed by atoms with Crippen molar-refractivity contribution in [3.63, 3.8) is 0 Å². The van der Waals surface area contributed by atoms with E-state index in [1.54, 1.807) is 0 Å². The molecule has 2 rings (SSSR count). The highest BCUT2D eigenvalue weighted by molar-refractivity contribution is 6.33. The van der Waals surface area contributed by atoms with Crippen LogP contribution in [0.2, 0.25) is 5.02 Å². The molecule has 1 aromatic rings. The zero-order valence-corrected chi connectivity index (χ0v) is 14.1. The number of aliphatic imine (C=N–C) groups is 1. The van der Waals surface area contributed by atoms with Crippen molar-refractivity contribution in [1.29, 1.82) is 0 Å². The topological polar surface area (TPSA) is 144 Å². The first-order valence-corrected chi connectivity index (χ1v) is 7.76. The number of hydroxylamine groups is 1. The Balaban J connectivity index is 2.10. The second kappa shape index (κ2) is 8.27. The number of hydrogen-bond acceptors (Lipinski definition) is 8. The van der Waals surface area contributed by atoms with E-state index >= 15 is 0 Å². The van der Waals surface area contributed by atoms with E-state index in [1.165, 1.54) is 0 Å². The van der Waals surface area contributed by atoms with Gasteiger partial charge in [-0.25, -0.2) is 10.3 Å². The van der Waals surface area contributed by atoms with Crippen molar-refractivity contribution in [1.82, 2.24) is 5.48 Å². The molecule has 1 amide bonds. The van der Waals surface area contributed by atoms with Crippen LogP contribution in [0, 0.1) is 0 Å². The Morgan fingerprint density at radius 2 is 1.93 bits per heavy atom. The van der Waals surface area contributed by atoms with Crippen molar-refractivity contribution in [2.45, 2.75) is 30.5 Å². The summed E-state index contributed by atoms with van der Waals surface area (Å²) in [6, 6.07) is 1.67. The van der Waals surface area contributed by atoms with Gasteiger partial charge in [0, 0.05) is 0 Å². The van der Waals surface area contributed by atoms with Crippen LogP contribution in [0.5, 0.6) is 0 Å². The number of aliphatic hydroxyl groups is 4. The Labute approximate surface area is 155 Å². The Kier molecular flexibility index (Phi) is 6.49. The summed E-state index contributed by atoms with van der Waals surface area (Å²) in [5.74, 6) is -0.516. The molecule has 6 N–H and O–H groups in total. The van der Waals surface area contributed by atoms with Crippen LogP contribution in [0.1, 0.15) is 5.56 Å². The number of para-hydroxylation sites is 1. The number of rotatable bonds is 2. The van der Waals surface area contributed by atoms with Crippen LogP contribution in [-0.2, 0) is 11.0 Å². The van der Waals surface area contributed by atoms with E-state index < -0.39 is 65.3 Å². The minimum absolute atomic E-state index is 0.393. The van der Waals surface area contributed by atoms with E-state index in [0.717, 1.165) is 12.1 Å². The average molecular weight is 414 g/mol. The number of halogens is 4. The molecule has 0 bridgehead atoms. The Morgan fingerprint density at radius 1 is 1.26 bits per heavy atom. The molecule has 1 heterocycles. The number of benzene rings is 1. The summed E-state index contributed by atoms with van der Waals surface area (Å²) < 4.78 is 38.9. The predicted molar refractivity (Wildman–Crippen MR) is 86.0 cm³/mol. The van der Waals surface area contributed by atoms with Crippen LogP contribution in [0.4, 0.5) is 23.7 Å². The van der Waals surface area contributed by atoms with Crippen LogP contribution in [-0.4, -0.2) is 63.3 Å². The Morgan fingerprint density at radius 3 is 2.52 bits per heavy atom. The number of amidine groups is 1. The van der Waals surface area contributed by atoms with E-state index in [-0.39, 0.29) is 0 Å². The lowest BCUT2D eigenvalue weighted by Crippen LogP contribution is -2.56. The van der Waals surface area contributed by atoms with E-state index in [4.69, 9.17) is 16.7 Å². The van der Waals surface area contributed by atoms with Crippen LogP contribution >= 0.6 is 11.6 Å². The van der Waals surface area contributed by atoms with Crippen molar-refractivity contribution in [2.24, 2.45) is 4.99 Å². The fraction of sp³-hybridized carbons (Fsp3) is 0.429. The summed E-state index contributed by atoms with van der Waals surface area (Å²) in [6.07, 6.45) is -11.3. The van der Waals surface area contributed by atoms with Gasteiger partial charge in [-0.1, -0.05) is 17.7 Å². The summed E-state index contributed by atoms with van der Waals surface area (Å²) in [4.78, 5) is 19.9. The van der Waals surface area contributed by atoms with E-state index in [9.17, 15) is 33.3 Å². The summed E-state index contributed by atoms with van der Waals surface area (Å²) in [5, 5.41) is 39.5. The maximum Gasteiger partial charge on any atom is 0.436 e. The van der Waals surface area contributed by atoms with Gasteiger partial charge in [0.15, 0.2) is 5.84 Å². The standard InChI is InChI=1S/C14H15ClF3N3O6/c15-6-3-1-2-5(14(16,17)18)8(6)20-13(26)27-21-12-11(25)10(24)9(23)7(4-22)19-12/h1-3,7,9-11,22-25H,4H2,(H,19,21)(H,20,26)/t7-,9-,10+,11-/m1/s1. The molecule has 0 radical (unpaired) electrons. The van der Waals surface area contributed by atoms with Crippen LogP contribution in [0.15, 0.2) is 23.2 Å². The van der Waals surface area contributed by atoms with Gasteiger partial charge in [0.25, 0.3) is 0 Å². The molecule has 0 spiro atoms. The quantitative estimate of drug-likeness (QED) is 0.382. The first-order valence-electron chi connectivity index (χ1n) is 7.38. The number of nitrogens with zero attached hydrogens (tertiary/aromatic N) is 1. The highest BCUT2D eigenvalue weighted by Gasteiger charge is 2.39. The van der Waals surface area contributed by atoms with Gasteiger partial charge in [-0.3, -0.25) is 10.3 Å². The van der Waals surface area contributed by atoms with Gasteiger partial charge in [0.1, 0.15) is 24.4 Å². The van der Waals surface area contributed by atoms with Gasteiger partial charge in [-0.05, 0) is 12.1 Å². The van der Waals surface area contributed by atoms with Gasteiger partial charge in [0.05, 0.1) is 22.9 Å². The number of carbonyl (C=O) groups excluding carboxylic acids is 1. The molecule has 0 aromatic heterocycles. The van der Waals surface area contributed by atoms with Crippen molar-refractivity contribution in [2.75, 3.05) is 11.9 Å². The Bertz CT molecular complexity index is 733. The molecular formula is C14H15ClF3N3O6. The minimum Gasteiger partial charge on any atom is -0.394 e. The Hall–Kier alpha value is -2.12. The molecule has 0 saturated carbocycles. The molecule has 0 unspecified atom stereocenters. The maximum atomic E-state index is 13.0. The molecule has 9 nitrogen and oxygen atoms in total. The summed E-state index contributed by atoms with van der Waals surface area (Å²) in [7, 11) is 0. The third kappa shape index (κ3) is 4.78. The largest absolute Gasteiger partial charge is 0.436 e. The minimum atomic E-state index is -4.79. The number of aliphatic hydroxyl groups excluding tert-OH is 4. The molecule has 0 aliphatic carbocycles. The van der Waals surface area contributed by atoms with Crippen molar-refractivity contribution < 1.29 is 43.2 Å². The SMILES string of the molecule is O=C(Nc1c(Cl)cccc1C(F)(F)F)ONC1=N[C@H](CO)[C@@H](O)[C@H](O)[C@H]1O. The maximum absolute atomic E-state index is 13.0. The number of nitrogens with one attached hydrogen (secondary N) is 2. The highest BCUT2D eigenvalue weighted by Crippen LogP contribution is 2.38. The molecule has 1 aliphatic rings. The van der Waals surface area contributed by atoms with Gasteiger partial charge in [-0.15, -0.1) is 0 Å². The smallest absolute Gasteiger partial charge is 0.394 e. The lowest BCUT2D eigenvalue weighted by molar-refractivity contribution is -0.136. The van der Waals surface area contributed by atoms with Gasteiger partial charge >= 0.3 is 12.3 Å². The van der Waals surface area contributed by atoms with E-state index in [0.29, 0.717) is 6.07 Å². The van der Waals surface area contributed by atoms with Gasteiger partial charge in [-0.2, -0.15) is 13.2 Å². The molecule has 150 valence electrons. The normalized spacial score (nSPS) is 25.6. The second-order valence-corrected chi connectivity index (χ2v) is 5.87. The second-order valence-electron chi connectivity index (χ2n) is 5.47. The zero-order chi connectivity index (χ0) is 20.4. The molecular weight excluding hydrogens is 399 g/mol. The fourth-order valence-corrected chi connectivity index (χ4v) is 2.48. The molecule has 1 aromatic carbocycles. The van der Waals surface area contributed by atoms with Crippen molar-refractivity contribution in [3.05, 3.63) is 28.8 Å².